The van der Waals surface area contributed by atoms with Gasteiger partial charge in [-0.3, -0.25) is 0 Å². The number of aromatic hydroxyl groups is 1. The second kappa shape index (κ2) is 4.61. The maximum absolute atomic E-state index is 9.96. The number of hydrogen-bond acceptors (Lipinski definition) is 2. The molecule has 0 aliphatic carbocycles. The van der Waals surface area contributed by atoms with Gasteiger partial charge in [-0.1, -0.05) is 36.4 Å². The van der Waals surface area contributed by atoms with Crippen molar-refractivity contribution in [3.63, 3.8) is 0 Å². The predicted molar refractivity (Wildman–Crippen MR) is 75.9 cm³/mol. The van der Waals surface area contributed by atoms with Crippen LogP contribution in [0.25, 0.3) is 22.6 Å². The Labute approximate surface area is 111 Å². The molecule has 19 heavy (non-hydrogen) atoms. The molecule has 0 fully saturated rings. The van der Waals surface area contributed by atoms with Gasteiger partial charge < -0.3 is 10.1 Å². The first-order valence-corrected chi connectivity index (χ1v) is 6.14. The molecule has 2 N–H and O–H groups in total. The molecule has 0 atom stereocenters. The van der Waals surface area contributed by atoms with Crippen LogP contribution in [0.5, 0.6) is 5.75 Å². The van der Waals surface area contributed by atoms with Crippen molar-refractivity contribution in [1.82, 2.24) is 9.97 Å². The SMILES string of the molecule is Cc1ccc(-c2ncc(-c3ccccc3)[nH]2)c(O)c1. The molecule has 0 aliphatic rings. The van der Waals surface area contributed by atoms with E-state index in [2.05, 4.69) is 9.97 Å². The number of aryl methyl sites for hydroxylation is 1. The summed E-state index contributed by atoms with van der Waals surface area (Å²) in [4.78, 5) is 7.57. The largest absolute Gasteiger partial charge is 0.507 e. The van der Waals surface area contributed by atoms with Gasteiger partial charge in [-0.25, -0.2) is 4.98 Å². The molecule has 0 unspecified atom stereocenters. The van der Waals surface area contributed by atoms with Gasteiger partial charge in [-0.15, -0.1) is 0 Å². The fraction of sp³-hybridized carbons (Fsp3) is 0.0625. The summed E-state index contributed by atoms with van der Waals surface area (Å²) < 4.78 is 0. The fourth-order valence-electron chi connectivity index (χ4n) is 2.06. The summed E-state index contributed by atoms with van der Waals surface area (Å²) in [5, 5.41) is 9.96. The number of H-pyrrole nitrogens is 1. The van der Waals surface area contributed by atoms with Crippen LogP contribution in [0, 0.1) is 6.92 Å². The Morgan fingerprint density at radius 2 is 1.84 bits per heavy atom. The van der Waals surface area contributed by atoms with Gasteiger partial charge in [0, 0.05) is 0 Å². The van der Waals surface area contributed by atoms with Crippen molar-refractivity contribution in [2.75, 3.05) is 0 Å². The lowest BCUT2D eigenvalue weighted by atomic mass is 10.1. The molecular weight excluding hydrogens is 236 g/mol. The second-order valence-corrected chi connectivity index (χ2v) is 4.53. The Morgan fingerprint density at radius 1 is 1.05 bits per heavy atom. The summed E-state index contributed by atoms with van der Waals surface area (Å²) in [7, 11) is 0. The third-order valence-electron chi connectivity index (χ3n) is 3.07. The maximum atomic E-state index is 9.96. The fourth-order valence-corrected chi connectivity index (χ4v) is 2.06. The molecule has 0 bridgehead atoms. The van der Waals surface area contributed by atoms with Crippen LogP contribution in [-0.4, -0.2) is 15.1 Å². The van der Waals surface area contributed by atoms with Crippen molar-refractivity contribution in [3.8, 4) is 28.4 Å². The lowest BCUT2D eigenvalue weighted by molar-refractivity contribution is 0.476. The number of benzene rings is 2. The summed E-state index contributed by atoms with van der Waals surface area (Å²) in [5.74, 6) is 0.922. The first-order chi connectivity index (χ1) is 9.24. The highest BCUT2D eigenvalue weighted by molar-refractivity contribution is 5.68. The van der Waals surface area contributed by atoms with Gasteiger partial charge in [0.25, 0.3) is 0 Å². The quantitative estimate of drug-likeness (QED) is 0.727. The minimum atomic E-state index is 0.244. The molecule has 0 saturated heterocycles. The third kappa shape index (κ3) is 2.22. The average Bonchev–Trinajstić information content (AvgIpc) is 2.89. The van der Waals surface area contributed by atoms with Crippen LogP contribution < -0.4 is 0 Å². The van der Waals surface area contributed by atoms with Crippen molar-refractivity contribution in [3.05, 3.63) is 60.3 Å². The van der Waals surface area contributed by atoms with E-state index in [0.29, 0.717) is 11.4 Å². The number of imidazole rings is 1. The minimum absolute atomic E-state index is 0.244. The summed E-state index contributed by atoms with van der Waals surface area (Å²) in [6, 6.07) is 15.6. The van der Waals surface area contributed by atoms with Crippen LogP contribution in [0.4, 0.5) is 0 Å². The smallest absolute Gasteiger partial charge is 0.141 e. The molecule has 94 valence electrons. The molecule has 3 heteroatoms. The van der Waals surface area contributed by atoms with E-state index in [-0.39, 0.29) is 5.75 Å². The molecule has 1 aromatic heterocycles. The summed E-state index contributed by atoms with van der Waals surface area (Å²) >= 11 is 0. The lowest BCUT2D eigenvalue weighted by Gasteiger charge is -2.02. The van der Waals surface area contributed by atoms with E-state index in [1.807, 2.05) is 49.4 Å². The third-order valence-corrected chi connectivity index (χ3v) is 3.07. The number of phenols is 1. The molecule has 3 nitrogen and oxygen atoms in total. The lowest BCUT2D eigenvalue weighted by Crippen LogP contribution is -1.83. The number of nitrogens with zero attached hydrogens (tertiary/aromatic N) is 1. The van der Waals surface area contributed by atoms with E-state index >= 15 is 0 Å². The highest BCUT2D eigenvalue weighted by Crippen LogP contribution is 2.29. The van der Waals surface area contributed by atoms with Crippen molar-refractivity contribution < 1.29 is 5.11 Å². The van der Waals surface area contributed by atoms with E-state index in [1.165, 1.54) is 0 Å². The number of rotatable bonds is 2. The first kappa shape index (κ1) is 11.5. The number of hydrogen-bond donors (Lipinski definition) is 2. The number of phenolic OH excluding ortho intramolecular Hbond substituents is 1. The summed E-state index contributed by atoms with van der Waals surface area (Å²) in [6.07, 6.45) is 1.78. The zero-order valence-corrected chi connectivity index (χ0v) is 10.6. The number of nitrogens with one attached hydrogen (secondary N) is 1. The van der Waals surface area contributed by atoms with Crippen LogP contribution in [0.1, 0.15) is 5.56 Å². The highest BCUT2D eigenvalue weighted by atomic mass is 16.3. The molecule has 0 amide bonds. The molecule has 1 heterocycles. The van der Waals surface area contributed by atoms with Crippen LogP contribution in [-0.2, 0) is 0 Å². The Balaban J connectivity index is 2.02. The predicted octanol–water partition coefficient (Wildman–Crippen LogP) is 3.76. The van der Waals surface area contributed by atoms with Gasteiger partial charge in [0.15, 0.2) is 0 Å². The average molecular weight is 250 g/mol. The summed E-state index contributed by atoms with van der Waals surface area (Å²) in [6.45, 7) is 1.95. The maximum Gasteiger partial charge on any atom is 0.141 e. The normalized spacial score (nSPS) is 10.6. The van der Waals surface area contributed by atoms with E-state index in [4.69, 9.17) is 0 Å². The van der Waals surface area contributed by atoms with Gasteiger partial charge in [0.2, 0.25) is 0 Å². The monoisotopic (exact) mass is 250 g/mol. The van der Waals surface area contributed by atoms with Crippen molar-refractivity contribution in [2.24, 2.45) is 0 Å². The standard InChI is InChI=1S/C16H14N2O/c1-11-7-8-13(15(19)9-11)16-17-10-14(18-16)12-5-3-2-4-6-12/h2-10,19H,1H3,(H,17,18). The Hall–Kier alpha value is -2.55. The molecule has 3 aromatic rings. The van der Waals surface area contributed by atoms with Crippen LogP contribution in [0.3, 0.4) is 0 Å². The highest BCUT2D eigenvalue weighted by Gasteiger charge is 2.09. The second-order valence-electron chi connectivity index (χ2n) is 4.53. The minimum Gasteiger partial charge on any atom is -0.507 e. The molecule has 0 aliphatic heterocycles. The molecular formula is C16H14N2O. The Morgan fingerprint density at radius 3 is 2.58 bits per heavy atom. The van der Waals surface area contributed by atoms with Crippen LogP contribution >= 0.6 is 0 Å². The molecule has 0 radical (unpaired) electrons. The zero-order valence-electron chi connectivity index (χ0n) is 10.6. The van der Waals surface area contributed by atoms with Crippen molar-refractivity contribution in [2.45, 2.75) is 6.92 Å². The molecule has 0 spiro atoms. The van der Waals surface area contributed by atoms with Gasteiger partial charge in [-0.2, -0.15) is 0 Å². The number of aromatic amines is 1. The number of aromatic nitrogens is 2. The Bertz CT molecular complexity index is 702. The van der Waals surface area contributed by atoms with Gasteiger partial charge in [-0.05, 0) is 30.2 Å². The van der Waals surface area contributed by atoms with E-state index in [1.54, 1.807) is 12.3 Å². The van der Waals surface area contributed by atoms with Crippen molar-refractivity contribution in [1.29, 1.82) is 0 Å². The zero-order chi connectivity index (χ0) is 13.2. The van der Waals surface area contributed by atoms with Gasteiger partial charge >= 0.3 is 0 Å². The van der Waals surface area contributed by atoms with Crippen LogP contribution in [0.15, 0.2) is 54.7 Å². The summed E-state index contributed by atoms with van der Waals surface area (Å²) in [5.41, 5.74) is 3.76. The molecule has 3 rings (SSSR count). The van der Waals surface area contributed by atoms with Crippen LogP contribution in [0.2, 0.25) is 0 Å². The van der Waals surface area contributed by atoms with E-state index in [0.717, 1.165) is 16.8 Å². The molecule has 2 aromatic carbocycles. The molecule has 0 saturated carbocycles. The Kier molecular flexibility index (Phi) is 2.80. The van der Waals surface area contributed by atoms with Gasteiger partial charge in [0.05, 0.1) is 17.5 Å². The van der Waals surface area contributed by atoms with Gasteiger partial charge in [0.1, 0.15) is 11.6 Å². The van der Waals surface area contributed by atoms with E-state index < -0.39 is 0 Å². The van der Waals surface area contributed by atoms with Crippen molar-refractivity contribution >= 4 is 0 Å². The first-order valence-electron chi connectivity index (χ1n) is 6.14. The topological polar surface area (TPSA) is 48.9 Å². The van der Waals surface area contributed by atoms with E-state index in [9.17, 15) is 5.11 Å².